The highest BCUT2D eigenvalue weighted by Gasteiger charge is 2.30. The van der Waals surface area contributed by atoms with Crippen molar-refractivity contribution in [1.82, 2.24) is 15.1 Å². The Kier molecular flexibility index (Phi) is 4.25. The summed E-state index contributed by atoms with van der Waals surface area (Å²) in [7, 11) is 1.81. The molecule has 22 heavy (non-hydrogen) atoms. The molecule has 7 heteroatoms. The lowest BCUT2D eigenvalue weighted by Gasteiger charge is -2.08. The molecule has 0 saturated carbocycles. The van der Waals surface area contributed by atoms with Crippen molar-refractivity contribution in [1.29, 1.82) is 0 Å². The van der Waals surface area contributed by atoms with Crippen molar-refractivity contribution < 1.29 is 18.0 Å². The van der Waals surface area contributed by atoms with Gasteiger partial charge in [-0.25, -0.2) is 0 Å². The number of nitrogens with one attached hydrogen (secondary N) is 1. The molecule has 0 atom stereocenters. The zero-order valence-electron chi connectivity index (χ0n) is 12.5. The molecule has 1 amide bonds. The van der Waals surface area contributed by atoms with Gasteiger partial charge < -0.3 is 5.32 Å². The molecule has 0 bridgehead atoms. The summed E-state index contributed by atoms with van der Waals surface area (Å²) >= 11 is 0. The Morgan fingerprint density at radius 3 is 2.27 bits per heavy atom. The van der Waals surface area contributed by atoms with Crippen LogP contribution in [0.3, 0.4) is 0 Å². The lowest BCUT2D eigenvalue weighted by Crippen LogP contribution is -2.23. The van der Waals surface area contributed by atoms with Gasteiger partial charge in [-0.1, -0.05) is 0 Å². The monoisotopic (exact) mass is 311 g/mol. The van der Waals surface area contributed by atoms with Crippen molar-refractivity contribution in [2.24, 2.45) is 7.05 Å². The molecule has 0 aliphatic carbocycles. The van der Waals surface area contributed by atoms with E-state index in [1.807, 2.05) is 20.9 Å². The van der Waals surface area contributed by atoms with Crippen LogP contribution < -0.4 is 5.32 Å². The van der Waals surface area contributed by atoms with Crippen molar-refractivity contribution >= 4 is 5.91 Å². The fraction of sp³-hybridized carbons (Fsp3) is 0.333. The molecule has 1 aromatic carbocycles. The summed E-state index contributed by atoms with van der Waals surface area (Å²) in [6.07, 6.45) is -4.40. The van der Waals surface area contributed by atoms with Gasteiger partial charge in [0, 0.05) is 30.4 Å². The third kappa shape index (κ3) is 3.29. The van der Waals surface area contributed by atoms with Gasteiger partial charge in [-0.05, 0) is 38.1 Å². The van der Waals surface area contributed by atoms with E-state index in [1.54, 1.807) is 4.68 Å². The zero-order valence-corrected chi connectivity index (χ0v) is 12.5. The number of aryl methyl sites for hydroxylation is 2. The van der Waals surface area contributed by atoms with Crippen molar-refractivity contribution in [3.05, 3.63) is 52.3 Å². The van der Waals surface area contributed by atoms with Gasteiger partial charge >= 0.3 is 6.18 Å². The first kappa shape index (κ1) is 16.1. The largest absolute Gasteiger partial charge is 0.416 e. The first-order valence-electron chi connectivity index (χ1n) is 6.64. The van der Waals surface area contributed by atoms with Crippen LogP contribution in [0.2, 0.25) is 0 Å². The fourth-order valence-corrected chi connectivity index (χ4v) is 2.15. The van der Waals surface area contributed by atoms with E-state index in [0.29, 0.717) is 0 Å². The van der Waals surface area contributed by atoms with Gasteiger partial charge in [0.05, 0.1) is 11.3 Å². The number of alkyl halides is 3. The number of benzene rings is 1. The number of carbonyl (C=O) groups is 1. The molecule has 0 aliphatic heterocycles. The number of aromatic nitrogens is 2. The summed E-state index contributed by atoms with van der Waals surface area (Å²) < 4.78 is 39.1. The maximum atomic E-state index is 12.5. The summed E-state index contributed by atoms with van der Waals surface area (Å²) in [6, 6.07) is 4.13. The number of halogens is 3. The van der Waals surface area contributed by atoms with Crippen molar-refractivity contribution in [3.8, 4) is 0 Å². The maximum Gasteiger partial charge on any atom is 0.416 e. The average molecular weight is 311 g/mol. The predicted molar refractivity (Wildman–Crippen MR) is 75.3 cm³/mol. The molecule has 0 saturated heterocycles. The minimum absolute atomic E-state index is 0.187. The smallest absolute Gasteiger partial charge is 0.348 e. The van der Waals surface area contributed by atoms with Gasteiger partial charge in [-0.15, -0.1) is 0 Å². The van der Waals surface area contributed by atoms with Crippen molar-refractivity contribution in [2.75, 3.05) is 0 Å². The number of hydrogen-bond donors (Lipinski definition) is 1. The van der Waals surface area contributed by atoms with Crippen LogP contribution in [0, 0.1) is 13.8 Å². The lowest BCUT2D eigenvalue weighted by molar-refractivity contribution is -0.137. The lowest BCUT2D eigenvalue weighted by atomic mass is 10.1. The molecule has 0 unspecified atom stereocenters. The third-order valence-corrected chi connectivity index (χ3v) is 3.56. The second-order valence-corrected chi connectivity index (χ2v) is 5.03. The van der Waals surface area contributed by atoms with Crippen LogP contribution in [0.4, 0.5) is 13.2 Å². The van der Waals surface area contributed by atoms with Gasteiger partial charge in [0.1, 0.15) is 0 Å². The molecule has 4 nitrogen and oxygen atoms in total. The number of amides is 1. The van der Waals surface area contributed by atoms with E-state index in [-0.39, 0.29) is 12.1 Å². The molecule has 0 radical (unpaired) electrons. The molecule has 118 valence electrons. The standard InChI is InChI=1S/C15H16F3N3O/c1-9-13(10(2)21(3)20-9)8-19-14(22)11-4-6-12(7-5-11)15(16,17)18/h4-7H,8H2,1-3H3,(H,19,22). The Balaban J connectivity index is 2.06. The normalized spacial score (nSPS) is 11.5. The van der Waals surface area contributed by atoms with Crippen molar-refractivity contribution in [2.45, 2.75) is 26.6 Å². The summed E-state index contributed by atoms with van der Waals surface area (Å²) in [4.78, 5) is 12.0. The molecule has 1 N–H and O–H groups in total. The number of carbonyl (C=O) groups excluding carboxylic acids is 1. The van der Waals surface area contributed by atoms with Crippen LogP contribution in [0.1, 0.15) is 32.9 Å². The molecule has 0 spiro atoms. The Hall–Kier alpha value is -2.31. The Morgan fingerprint density at radius 1 is 1.23 bits per heavy atom. The van der Waals surface area contributed by atoms with Crippen LogP contribution in [0.5, 0.6) is 0 Å². The quantitative estimate of drug-likeness (QED) is 0.947. The summed E-state index contributed by atoms with van der Waals surface area (Å²) in [6.45, 7) is 4.01. The second-order valence-electron chi connectivity index (χ2n) is 5.03. The van der Waals surface area contributed by atoms with E-state index in [4.69, 9.17) is 0 Å². The highest BCUT2D eigenvalue weighted by atomic mass is 19.4. The molecular weight excluding hydrogens is 295 g/mol. The molecular formula is C15H16F3N3O. The van der Waals surface area contributed by atoms with Gasteiger partial charge in [0.2, 0.25) is 0 Å². The van der Waals surface area contributed by atoms with Crippen LogP contribution in [-0.4, -0.2) is 15.7 Å². The molecule has 2 aromatic rings. The van der Waals surface area contributed by atoms with Crippen LogP contribution in [0.15, 0.2) is 24.3 Å². The highest BCUT2D eigenvalue weighted by Crippen LogP contribution is 2.29. The Morgan fingerprint density at radius 2 is 1.82 bits per heavy atom. The second kappa shape index (κ2) is 5.82. The first-order chi connectivity index (χ1) is 10.2. The first-order valence-corrected chi connectivity index (χ1v) is 6.64. The van der Waals surface area contributed by atoms with E-state index in [0.717, 1.165) is 29.1 Å². The summed E-state index contributed by atoms with van der Waals surface area (Å²) in [5, 5.41) is 6.94. The Labute approximate surface area is 125 Å². The minimum atomic E-state index is -4.40. The fourth-order valence-electron chi connectivity index (χ4n) is 2.15. The number of nitrogens with zero attached hydrogens (tertiary/aromatic N) is 2. The van der Waals surface area contributed by atoms with E-state index in [2.05, 4.69) is 10.4 Å². The van der Waals surface area contributed by atoms with Crippen LogP contribution >= 0.6 is 0 Å². The molecule has 1 heterocycles. The summed E-state index contributed by atoms with van der Waals surface area (Å²) in [5.74, 6) is -0.420. The van der Waals surface area contributed by atoms with Gasteiger partial charge in [0.15, 0.2) is 0 Å². The SMILES string of the molecule is Cc1nn(C)c(C)c1CNC(=O)c1ccc(C(F)(F)F)cc1. The van der Waals surface area contributed by atoms with E-state index in [9.17, 15) is 18.0 Å². The van der Waals surface area contributed by atoms with Gasteiger partial charge in [-0.2, -0.15) is 18.3 Å². The molecule has 0 aliphatic rings. The number of rotatable bonds is 3. The summed E-state index contributed by atoms with van der Waals surface area (Å²) in [5.41, 5.74) is 2.07. The van der Waals surface area contributed by atoms with E-state index in [1.165, 1.54) is 12.1 Å². The van der Waals surface area contributed by atoms with Gasteiger partial charge in [-0.3, -0.25) is 9.48 Å². The molecule has 1 aromatic heterocycles. The van der Waals surface area contributed by atoms with Crippen LogP contribution in [0.25, 0.3) is 0 Å². The van der Waals surface area contributed by atoms with Gasteiger partial charge in [0.25, 0.3) is 5.91 Å². The number of hydrogen-bond acceptors (Lipinski definition) is 2. The predicted octanol–water partition coefficient (Wildman–Crippen LogP) is 2.99. The van der Waals surface area contributed by atoms with Crippen LogP contribution in [-0.2, 0) is 19.8 Å². The average Bonchev–Trinajstić information content (AvgIpc) is 2.69. The highest BCUT2D eigenvalue weighted by molar-refractivity contribution is 5.94. The van der Waals surface area contributed by atoms with E-state index < -0.39 is 17.6 Å². The molecule has 2 rings (SSSR count). The maximum absolute atomic E-state index is 12.5. The zero-order chi connectivity index (χ0) is 16.5. The topological polar surface area (TPSA) is 46.9 Å². The van der Waals surface area contributed by atoms with Crippen molar-refractivity contribution in [3.63, 3.8) is 0 Å². The third-order valence-electron chi connectivity index (χ3n) is 3.56. The Bertz CT molecular complexity index is 687. The van der Waals surface area contributed by atoms with E-state index >= 15 is 0 Å². The minimum Gasteiger partial charge on any atom is -0.348 e. The molecule has 0 fully saturated rings.